The molecular formula is C15H26N4O. The number of nitrogens with two attached hydrogens (primary N) is 1. The van der Waals surface area contributed by atoms with E-state index in [1.54, 1.807) is 0 Å². The normalized spacial score (nSPS) is 12.3. The SMILES string of the molecule is CC(C)N(C)CCCNCc1ccccc1/C(N)=N/O. The lowest BCUT2D eigenvalue weighted by atomic mass is 10.1. The molecule has 0 spiro atoms. The molecule has 0 aromatic heterocycles. The number of nitrogens with zero attached hydrogens (tertiary/aromatic N) is 2. The number of benzene rings is 1. The molecular weight excluding hydrogens is 252 g/mol. The van der Waals surface area contributed by atoms with Crippen molar-refractivity contribution >= 4 is 5.84 Å². The lowest BCUT2D eigenvalue weighted by molar-refractivity contribution is 0.269. The van der Waals surface area contributed by atoms with Gasteiger partial charge in [-0.25, -0.2) is 0 Å². The fourth-order valence-electron chi connectivity index (χ4n) is 1.91. The fourth-order valence-corrected chi connectivity index (χ4v) is 1.91. The van der Waals surface area contributed by atoms with Crippen molar-refractivity contribution in [3.63, 3.8) is 0 Å². The zero-order chi connectivity index (χ0) is 15.0. The van der Waals surface area contributed by atoms with Crippen LogP contribution in [-0.4, -0.2) is 42.1 Å². The second kappa shape index (κ2) is 8.55. The topological polar surface area (TPSA) is 73.9 Å². The minimum absolute atomic E-state index is 0.155. The maximum atomic E-state index is 8.77. The maximum Gasteiger partial charge on any atom is 0.170 e. The van der Waals surface area contributed by atoms with Gasteiger partial charge in [0.05, 0.1) is 0 Å². The van der Waals surface area contributed by atoms with Gasteiger partial charge in [-0.3, -0.25) is 0 Å². The van der Waals surface area contributed by atoms with E-state index < -0.39 is 0 Å². The average Bonchev–Trinajstić information content (AvgIpc) is 2.46. The molecule has 112 valence electrons. The van der Waals surface area contributed by atoms with Crippen LogP contribution in [0, 0.1) is 0 Å². The Hall–Kier alpha value is -1.59. The average molecular weight is 278 g/mol. The molecule has 0 aliphatic carbocycles. The predicted molar refractivity (Wildman–Crippen MR) is 83.0 cm³/mol. The largest absolute Gasteiger partial charge is 0.409 e. The highest BCUT2D eigenvalue weighted by atomic mass is 16.4. The zero-order valence-electron chi connectivity index (χ0n) is 12.6. The van der Waals surface area contributed by atoms with E-state index in [1.165, 1.54) is 0 Å². The first-order valence-electron chi connectivity index (χ1n) is 7.03. The van der Waals surface area contributed by atoms with Gasteiger partial charge < -0.3 is 21.2 Å². The Morgan fingerprint density at radius 1 is 1.40 bits per heavy atom. The molecule has 20 heavy (non-hydrogen) atoms. The minimum atomic E-state index is 0.155. The Kier molecular flexibility index (Phi) is 7.04. The van der Waals surface area contributed by atoms with Gasteiger partial charge in [0.25, 0.3) is 0 Å². The molecule has 0 aliphatic rings. The van der Waals surface area contributed by atoms with Crippen LogP contribution >= 0.6 is 0 Å². The Morgan fingerprint density at radius 2 is 2.10 bits per heavy atom. The molecule has 0 fully saturated rings. The van der Waals surface area contributed by atoms with Gasteiger partial charge in [-0.15, -0.1) is 0 Å². The summed E-state index contributed by atoms with van der Waals surface area (Å²) < 4.78 is 0. The Balaban J connectivity index is 2.39. The summed E-state index contributed by atoms with van der Waals surface area (Å²) >= 11 is 0. The minimum Gasteiger partial charge on any atom is -0.409 e. The van der Waals surface area contributed by atoms with E-state index in [1.807, 2.05) is 24.3 Å². The van der Waals surface area contributed by atoms with Crippen molar-refractivity contribution in [3.05, 3.63) is 35.4 Å². The van der Waals surface area contributed by atoms with Gasteiger partial charge in [-0.05, 0) is 46.0 Å². The van der Waals surface area contributed by atoms with Crippen LogP contribution in [0.4, 0.5) is 0 Å². The summed E-state index contributed by atoms with van der Waals surface area (Å²) in [5, 5.41) is 15.2. The molecule has 4 N–H and O–H groups in total. The van der Waals surface area contributed by atoms with E-state index in [0.29, 0.717) is 6.04 Å². The van der Waals surface area contributed by atoms with Crippen molar-refractivity contribution < 1.29 is 5.21 Å². The fraction of sp³-hybridized carbons (Fsp3) is 0.533. The van der Waals surface area contributed by atoms with Crippen LogP contribution in [0.5, 0.6) is 0 Å². The molecule has 1 aromatic rings. The molecule has 0 unspecified atom stereocenters. The van der Waals surface area contributed by atoms with Gasteiger partial charge in [0, 0.05) is 18.2 Å². The first-order valence-corrected chi connectivity index (χ1v) is 7.03. The molecule has 0 amide bonds. The molecule has 0 aliphatic heterocycles. The Labute approximate surface area is 121 Å². The third-order valence-electron chi connectivity index (χ3n) is 3.46. The lowest BCUT2D eigenvalue weighted by Crippen LogP contribution is -2.29. The summed E-state index contributed by atoms with van der Waals surface area (Å²) in [7, 11) is 2.14. The number of hydrogen-bond acceptors (Lipinski definition) is 4. The Morgan fingerprint density at radius 3 is 2.75 bits per heavy atom. The van der Waals surface area contributed by atoms with Gasteiger partial charge >= 0.3 is 0 Å². The van der Waals surface area contributed by atoms with Crippen LogP contribution in [0.1, 0.15) is 31.4 Å². The van der Waals surface area contributed by atoms with Gasteiger partial charge in [0.15, 0.2) is 5.84 Å². The van der Waals surface area contributed by atoms with Crippen molar-refractivity contribution in [2.75, 3.05) is 20.1 Å². The van der Waals surface area contributed by atoms with Gasteiger partial charge in [0.2, 0.25) is 0 Å². The smallest absolute Gasteiger partial charge is 0.170 e. The highest BCUT2D eigenvalue weighted by Gasteiger charge is 2.06. The summed E-state index contributed by atoms with van der Waals surface area (Å²) in [4.78, 5) is 2.33. The molecule has 5 nitrogen and oxygen atoms in total. The molecule has 0 saturated heterocycles. The molecule has 0 atom stereocenters. The molecule has 1 rings (SSSR count). The number of oxime groups is 1. The summed E-state index contributed by atoms with van der Waals surface area (Å²) in [5.41, 5.74) is 7.49. The zero-order valence-corrected chi connectivity index (χ0v) is 12.6. The van der Waals surface area contributed by atoms with E-state index in [2.05, 4.69) is 36.3 Å². The van der Waals surface area contributed by atoms with E-state index in [9.17, 15) is 0 Å². The quantitative estimate of drug-likeness (QED) is 0.222. The molecule has 0 radical (unpaired) electrons. The molecule has 5 heteroatoms. The summed E-state index contributed by atoms with van der Waals surface area (Å²) in [5.74, 6) is 0.155. The van der Waals surface area contributed by atoms with E-state index in [4.69, 9.17) is 10.9 Å². The van der Waals surface area contributed by atoms with Crippen LogP contribution in [-0.2, 0) is 6.54 Å². The van der Waals surface area contributed by atoms with Crippen LogP contribution in [0.25, 0.3) is 0 Å². The number of amidine groups is 1. The van der Waals surface area contributed by atoms with Crippen LogP contribution in [0.3, 0.4) is 0 Å². The van der Waals surface area contributed by atoms with Crippen molar-refractivity contribution in [2.45, 2.75) is 32.9 Å². The van der Waals surface area contributed by atoms with E-state index in [0.717, 1.165) is 37.2 Å². The summed E-state index contributed by atoms with van der Waals surface area (Å²) in [6, 6.07) is 8.27. The maximum absolute atomic E-state index is 8.77. The lowest BCUT2D eigenvalue weighted by Gasteiger charge is -2.20. The summed E-state index contributed by atoms with van der Waals surface area (Å²) in [6.07, 6.45) is 1.10. The molecule has 0 heterocycles. The number of rotatable bonds is 8. The standard InChI is InChI=1S/C15H26N4O/c1-12(2)19(3)10-6-9-17-11-13-7-4-5-8-14(13)15(16)18-20/h4-5,7-8,12,17,20H,6,9-11H2,1-3H3,(H2,16,18). The molecule has 1 aromatic carbocycles. The number of nitrogens with one attached hydrogen (secondary N) is 1. The second-order valence-corrected chi connectivity index (χ2v) is 5.25. The van der Waals surface area contributed by atoms with Crippen LogP contribution in [0.2, 0.25) is 0 Å². The number of hydrogen-bond donors (Lipinski definition) is 3. The first-order chi connectivity index (χ1) is 9.56. The van der Waals surface area contributed by atoms with E-state index >= 15 is 0 Å². The molecule has 0 saturated carbocycles. The van der Waals surface area contributed by atoms with Gasteiger partial charge in [-0.2, -0.15) is 0 Å². The third kappa shape index (κ3) is 5.19. The van der Waals surface area contributed by atoms with E-state index in [-0.39, 0.29) is 5.84 Å². The summed E-state index contributed by atoms with van der Waals surface area (Å²) in [6.45, 7) is 7.13. The third-order valence-corrected chi connectivity index (χ3v) is 3.46. The monoisotopic (exact) mass is 278 g/mol. The predicted octanol–water partition coefficient (Wildman–Crippen LogP) is 1.60. The van der Waals surface area contributed by atoms with Crippen molar-refractivity contribution in [1.29, 1.82) is 0 Å². The van der Waals surface area contributed by atoms with Gasteiger partial charge in [0.1, 0.15) is 0 Å². The first kappa shape index (κ1) is 16.5. The van der Waals surface area contributed by atoms with Crippen molar-refractivity contribution in [2.24, 2.45) is 10.9 Å². The van der Waals surface area contributed by atoms with Gasteiger partial charge in [-0.1, -0.05) is 29.4 Å². The molecule has 0 bridgehead atoms. The highest BCUT2D eigenvalue weighted by Crippen LogP contribution is 2.08. The Bertz CT molecular complexity index is 432. The van der Waals surface area contributed by atoms with Crippen LogP contribution in [0.15, 0.2) is 29.4 Å². The second-order valence-electron chi connectivity index (χ2n) is 5.25. The van der Waals surface area contributed by atoms with Crippen molar-refractivity contribution in [3.8, 4) is 0 Å². The van der Waals surface area contributed by atoms with Crippen LogP contribution < -0.4 is 11.1 Å². The van der Waals surface area contributed by atoms with Crippen molar-refractivity contribution in [1.82, 2.24) is 10.2 Å². The highest BCUT2D eigenvalue weighted by molar-refractivity contribution is 5.98.